The average Bonchev–Trinajstić information content (AvgIpc) is 2.34. The summed E-state index contributed by atoms with van der Waals surface area (Å²) in [5, 5.41) is 0. The number of ketones is 1. The first-order valence-corrected chi connectivity index (χ1v) is 5.01. The Morgan fingerprint density at radius 2 is 1.32 bits per heavy atom. The standard InChI is InChI=1S/C11H7F5O3/c1-2-19-5(18)3-4(17)6-7(12)9(14)11(16)10(15)8(6)13/h2-3H2,1H3. The van der Waals surface area contributed by atoms with Crippen molar-refractivity contribution >= 4 is 11.8 Å². The van der Waals surface area contributed by atoms with E-state index in [0.717, 1.165) is 0 Å². The van der Waals surface area contributed by atoms with Gasteiger partial charge in [-0.1, -0.05) is 0 Å². The molecule has 3 nitrogen and oxygen atoms in total. The maximum Gasteiger partial charge on any atom is 0.313 e. The molecule has 0 atom stereocenters. The van der Waals surface area contributed by atoms with Crippen LogP contribution in [0, 0.1) is 29.1 Å². The molecule has 0 saturated heterocycles. The number of rotatable bonds is 4. The molecule has 0 amide bonds. The van der Waals surface area contributed by atoms with Crippen LogP contribution < -0.4 is 0 Å². The minimum Gasteiger partial charge on any atom is -0.466 e. The van der Waals surface area contributed by atoms with E-state index in [1.54, 1.807) is 0 Å². The smallest absolute Gasteiger partial charge is 0.313 e. The van der Waals surface area contributed by atoms with Crippen LogP contribution in [0.25, 0.3) is 0 Å². The van der Waals surface area contributed by atoms with Crippen molar-refractivity contribution in [3.63, 3.8) is 0 Å². The summed E-state index contributed by atoms with van der Waals surface area (Å²) < 4.78 is 69.1. The second-order valence-corrected chi connectivity index (χ2v) is 3.35. The number of carbonyl (C=O) groups is 2. The Hall–Kier alpha value is -1.99. The molecule has 0 N–H and O–H groups in total. The SMILES string of the molecule is CCOC(=O)CC(=O)c1c(F)c(F)c(F)c(F)c1F. The average molecular weight is 282 g/mol. The van der Waals surface area contributed by atoms with Crippen LogP contribution in [0.3, 0.4) is 0 Å². The molecule has 1 aromatic carbocycles. The van der Waals surface area contributed by atoms with Gasteiger partial charge in [0.15, 0.2) is 29.1 Å². The van der Waals surface area contributed by atoms with E-state index in [1.807, 2.05) is 0 Å². The van der Waals surface area contributed by atoms with Crippen molar-refractivity contribution in [1.29, 1.82) is 0 Å². The van der Waals surface area contributed by atoms with Crippen LogP contribution in [0.4, 0.5) is 22.0 Å². The monoisotopic (exact) mass is 282 g/mol. The summed E-state index contributed by atoms with van der Waals surface area (Å²) in [4.78, 5) is 22.3. The molecule has 0 aliphatic heterocycles. The molecule has 0 saturated carbocycles. The summed E-state index contributed by atoms with van der Waals surface area (Å²) in [7, 11) is 0. The zero-order chi connectivity index (χ0) is 14.7. The summed E-state index contributed by atoms with van der Waals surface area (Å²) >= 11 is 0. The minimum atomic E-state index is -2.37. The van der Waals surface area contributed by atoms with Crippen molar-refractivity contribution < 1.29 is 36.3 Å². The third kappa shape index (κ3) is 2.88. The Labute approximate surface area is 104 Å². The van der Waals surface area contributed by atoms with Gasteiger partial charge in [0.05, 0.1) is 12.2 Å². The van der Waals surface area contributed by atoms with Crippen LogP contribution in [0.2, 0.25) is 0 Å². The van der Waals surface area contributed by atoms with Gasteiger partial charge in [0.2, 0.25) is 5.82 Å². The number of Topliss-reactive ketones (excluding diaryl/α,β-unsaturated/α-hetero) is 1. The predicted octanol–water partition coefficient (Wildman–Crippen LogP) is 2.52. The van der Waals surface area contributed by atoms with Crippen LogP contribution in [0.1, 0.15) is 23.7 Å². The lowest BCUT2D eigenvalue weighted by Crippen LogP contribution is -2.17. The Balaban J connectivity index is 3.21. The fourth-order valence-corrected chi connectivity index (χ4v) is 1.28. The fraction of sp³-hybridized carbons (Fsp3) is 0.273. The van der Waals surface area contributed by atoms with E-state index in [4.69, 9.17) is 0 Å². The molecular formula is C11H7F5O3. The van der Waals surface area contributed by atoms with Gasteiger partial charge in [-0.2, -0.15) is 0 Å². The van der Waals surface area contributed by atoms with Gasteiger partial charge in [-0.15, -0.1) is 0 Å². The number of benzene rings is 1. The van der Waals surface area contributed by atoms with Gasteiger partial charge in [-0.25, -0.2) is 22.0 Å². The van der Waals surface area contributed by atoms with E-state index in [9.17, 15) is 31.5 Å². The van der Waals surface area contributed by atoms with Crippen LogP contribution in [0.5, 0.6) is 0 Å². The van der Waals surface area contributed by atoms with Crippen molar-refractivity contribution in [2.24, 2.45) is 0 Å². The van der Waals surface area contributed by atoms with Crippen molar-refractivity contribution in [1.82, 2.24) is 0 Å². The molecule has 0 aliphatic carbocycles. The lowest BCUT2D eigenvalue weighted by molar-refractivity contribution is -0.141. The zero-order valence-corrected chi connectivity index (χ0v) is 9.53. The maximum absolute atomic E-state index is 13.2. The Kier molecular flexibility index (Phi) is 4.57. The minimum absolute atomic E-state index is 0.0940. The number of hydrogen-bond donors (Lipinski definition) is 0. The van der Waals surface area contributed by atoms with Crippen molar-refractivity contribution in [3.8, 4) is 0 Å². The van der Waals surface area contributed by atoms with Gasteiger partial charge < -0.3 is 4.74 Å². The van der Waals surface area contributed by atoms with E-state index >= 15 is 0 Å². The number of hydrogen-bond acceptors (Lipinski definition) is 3. The molecule has 0 aliphatic rings. The predicted molar refractivity (Wildman–Crippen MR) is 51.8 cm³/mol. The lowest BCUT2D eigenvalue weighted by Gasteiger charge is -2.07. The first-order valence-electron chi connectivity index (χ1n) is 5.01. The van der Waals surface area contributed by atoms with E-state index in [1.165, 1.54) is 6.92 Å². The van der Waals surface area contributed by atoms with E-state index in [0.29, 0.717) is 0 Å². The number of halogens is 5. The number of carbonyl (C=O) groups excluding carboxylic acids is 2. The summed E-state index contributed by atoms with van der Waals surface area (Å²) in [6, 6.07) is 0. The van der Waals surface area contributed by atoms with E-state index in [-0.39, 0.29) is 6.61 Å². The highest BCUT2D eigenvalue weighted by Gasteiger charge is 2.30. The van der Waals surface area contributed by atoms with Crippen LogP contribution in [-0.2, 0) is 9.53 Å². The normalized spacial score (nSPS) is 10.4. The van der Waals surface area contributed by atoms with Crippen molar-refractivity contribution in [3.05, 3.63) is 34.6 Å². The molecule has 0 aromatic heterocycles. The molecule has 0 unspecified atom stereocenters. The van der Waals surface area contributed by atoms with Crippen molar-refractivity contribution in [2.75, 3.05) is 6.61 Å². The van der Waals surface area contributed by atoms with Crippen molar-refractivity contribution in [2.45, 2.75) is 13.3 Å². The van der Waals surface area contributed by atoms with Gasteiger partial charge in [0, 0.05) is 0 Å². The van der Waals surface area contributed by atoms with E-state index in [2.05, 4.69) is 4.74 Å². The highest BCUT2D eigenvalue weighted by atomic mass is 19.2. The third-order valence-corrected chi connectivity index (χ3v) is 2.10. The Bertz CT molecular complexity index is 513. The van der Waals surface area contributed by atoms with Gasteiger partial charge in [-0.3, -0.25) is 9.59 Å². The molecule has 0 spiro atoms. The number of ether oxygens (including phenoxy) is 1. The molecular weight excluding hydrogens is 275 g/mol. The number of esters is 1. The zero-order valence-electron chi connectivity index (χ0n) is 9.53. The second-order valence-electron chi connectivity index (χ2n) is 3.35. The van der Waals surface area contributed by atoms with Gasteiger partial charge in [0.1, 0.15) is 6.42 Å². The van der Waals surface area contributed by atoms with Crippen LogP contribution >= 0.6 is 0 Å². The molecule has 1 rings (SSSR count). The van der Waals surface area contributed by atoms with Gasteiger partial charge in [0.25, 0.3) is 0 Å². The van der Waals surface area contributed by atoms with Crippen LogP contribution in [0.15, 0.2) is 0 Å². The van der Waals surface area contributed by atoms with Gasteiger partial charge >= 0.3 is 5.97 Å². The quantitative estimate of drug-likeness (QED) is 0.213. The summed E-state index contributed by atoms with van der Waals surface area (Å²) in [5.41, 5.74) is -1.65. The molecule has 0 fully saturated rings. The lowest BCUT2D eigenvalue weighted by atomic mass is 10.1. The summed E-state index contributed by atoms with van der Waals surface area (Å²) in [6.07, 6.45) is -1.12. The molecule has 104 valence electrons. The Morgan fingerprint density at radius 3 is 1.74 bits per heavy atom. The molecule has 1 aromatic rings. The van der Waals surface area contributed by atoms with E-state index < -0.39 is 52.8 Å². The molecule has 0 bridgehead atoms. The third-order valence-electron chi connectivity index (χ3n) is 2.10. The maximum atomic E-state index is 13.2. The molecule has 8 heteroatoms. The first-order chi connectivity index (χ1) is 8.81. The first kappa shape index (κ1) is 15.1. The topological polar surface area (TPSA) is 43.4 Å². The molecule has 19 heavy (non-hydrogen) atoms. The second kappa shape index (κ2) is 5.77. The highest BCUT2D eigenvalue weighted by molar-refractivity contribution is 6.06. The van der Waals surface area contributed by atoms with Gasteiger partial charge in [-0.05, 0) is 6.92 Å². The Morgan fingerprint density at radius 1 is 0.895 bits per heavy atom. The fourth-order valence-electron chi connectivity index (χ4n) is 1.28. The summed E-state index contributed by atoms with van der Waals surface area (Å²) in [6.45, 7) is 1.32. The molecule has 0 heterocycles. The summed E-state index contributed by atoms with van der Waals surface area (Å²) in [5.74, 6) is -14.1. The molecule has 0 radical (unpaired) electrons. The highest BCUT2D eigenvalue weighted by Crippen LogP contribution is 2.24. The van der Waals surface area contributed by atoms with Crippen LogP contribution in [-0.4, -0.2) is 18.4 Å². The largest absolute Gasteiger partial charge is 0.466 e.